The van der Waals surface area contributed by atoms with Gasteiger partial charge in [-0.05, 0) is 22.0 Å². The fourth-order valence-corrected chi connectivity index (χ4v) is 1.81. The summed E-state index contributed by atoms with van der Waals surface area (Å²) in [7, 11) is 0. The second-order valence-corrected chi connectivity index (χ2v) is 4.50. The molecule has 0 fully saturated rings. The van der Waals surface area contributed by atoms with Crippen molar-refractivity contribution in [1.29, 1.82) is 0 Å². The minimum atomic E-state index is 0.777. The van der Waals surface area contributed by atoms with E-state index in [0.29, 0.717) is 0 Å². The molecule has 1 heterocycles. The molecule has 4 heteroatoms. The van der Waals surface area contributed by atoms with Crippen LogP contribution in [0.2, 0.25) is 0 Å². The van der Waals surface area contributed by atoms with E-state index < -0.39 is 0 Å². The van der Waals surface area contributed by atoms with Crippen molar-refractivity contribution in [3.8, 4) is 12.3 Å². The summed E-state index contributed by atoms with van der Waals surface area (Å²) in [6, 6.07) is 1.94. The lowest BCUT2D eigenvalue weighted by molar-refractivity contribution is 1.20. The van der Waals surface area contributed by atoms with Crippen LogP contribution in [0, 0.1) is 12.3 Å². The summed E-state index contributed by atoms with van der Waals surface area (Å²) in [5, 5.41) is 3.30. The molecule has 0 unspecified atom stereocenters. The first-order valence-corrected chi connectivity index (χ1v) is 6.14. The first-order chi connectivity index (χ1) is 6.84. The van der Waals surface area contributed by atoms with E-state index in [1.165, 1.54) is 0 Å². The average Bonchev–Trinajstić information content (AvgIpc) is 2.20. The third-order valence-electron chi connectivity index (χ3n) is 1.52. The van der Waals surface area contributed by atoms with Crippen LogP contribution >= 0.6 is 27.7 Å². The van der Waals surface area contributed by atoms with E-state index in [2.05, 4.69) is 32.2 Å². The smallest absolute Gasteiger partial charge is 0.0590 e. The number of hydrogen-bond donors (Lipinski definition) is 1. The molecule has 1 N–H and O–H groups in total. The van der Waals surface area contributed by atoms with Crippen LogP contribution in [0.1, 0.15) is 0 Å². The number of thioether (sulfide) groups is 1. The van der Waals surface area contributed by atoms with Crippen molar-refractivity contribution in [2.24, 2.45) is 0 Å². The van der Waals surface area contributed by atoms with Crippen molar-refractivity contribution in [1.82, 2.24) is 4.98 Å². The predicted molar refractivity (Wildman–Crippen MR) is 66.6 cm³/mol. The number of anilines is 1. The third-order valence-corrected chi connectivity index (χ3v) is 3.02. The number of nitrogens with zero attached hydrogens (tertiary/aromatic N) is 1. The van der Waals surface area contributed by atoms with Crippen molar-refractivity contribution in [2.75, 3.05) is 23.4 Å². The summed E-state index contributed by atoms with van der Waals surface area (Å²) in [5.74, 6) is 4.38. The van der Waals surface area contributed by atoms with Gasteiger partial charge >= 0.3 is 0 Å². The van der Waals surface area contributed by atoms with Crippen molar-refractivity contribution < 1.29 is 0 Å². The van der Waals surface area contributed by atoms with Gasteiger partial charge in [0, 0.05) is 24.7 Å². The Morgan fingerprint density at radius 1 is 1.64 bits per heavy atom. The summed E-state index contributed by atoms with van der Waals surface area (Å²) in [6.07, 6.45) is 8.68. The van der Waals surface area contributed by atoms with E-state index in [1.54, 1.807) is 24.2 Å². The van der Waals surface area contributed by atoms with Crippen LogP contribution < -0.4 is 5.32 Å². The highest BCUT2D eigenvalue weighted by Gasteiger charge is 1.96. The number of pyridine rings is 1. The Kier molecular flexibility index (Phi) is 5.50. The SMILES string of the molecule is C#CCSCCNc1ccncc1Br. The van der Waals surface area contributed by atoms with Gasteiger partial charge in [-0.3, -0.25) is 4.98 Å². The molecule has 0 saturated carbocycles. The van der Waals surface area contributed by atoms with E-state index in [1.807, 2.05) is 6.07 Å². The maximum atomic E-state index is 5.14. The Morgan fingerprint density at radius 2 is 2.50 bits per heavy atom. The second kappa shape index (κ2) is 6.74. The Bertz CT molecular complexity index is 322. The first-order valence-electron chi connectivity index (χ1n) is 4.19. The predicted octanol–water partition coefficient (Wildman–Crippen LogP) is 2.62. The van der Waals surface area contributed by atoms with Crippen LogP contribution in [0.15, 0.2) is 22.9 Å². The molecule has 1 aromatic rings. The largest absolute Gasteiger partial charge is 0.383 e. The maximum Gasteiger partial charge on any atom is 0.0590 e. The van der Waals surface area contributed by atoms with Crippen LogP contribution in [0.25, 0.3) is 0 Å². The monoisotopic (exact) mass is 270 g/mol. The Labute approximate surface area is 97.0 Å². The third kappa shape index (κ3) is 4.03. The molecule has 0 atom stereocenters. The summed E-state index contributed by atoms with van der Waals surface area (Å²) < 4.78 is 0.988. The molecule has 2 nitrogen and oxygen atoms in total. The van der Waals surface area contributed by atoms with Gasteiger partial charge in [-0.1, -0.05) is 5.92 Å². The molecule has 0 aliphatic rings. The zero-order chi connectivity index (χ0) is 10.2. The van der Waals surface area contributed by atoms with Crippen LogP contribution in [0.5, 0.6) is 0 Å². The molecule has 0 saturated heterocycles. The molecule has 0 aliphatic heterocycles. The molecule has 0 radical (unpaired) electrons. The zero-order valence-corrected chi connectivity index (χ0v) is 10.1. The summed E-state index contributed by atoms with van der Waals surface area (Å²) in [6.45, 7) is 0.912. The standard InChI is InChI=1S/C10H11BrN2S/c1-2-6-14-7-5-13-10-3-4-12-8-9(10)11/h1,3-4,8H,5-7H2,(H,12,13). The maximum absolute atomic E-state index is 5.14. The van der Waals surface area contributed by atoms with E-state index in [-0.39, 0.29) is 0 Å². The number of aromatic nitrogens is 1. The van der Waals surface area contributed by atoms with Crippen LogP contribution in [0.4, 0.5) is 5.69 Å². The minimum Gasteiger partial charge on any atom is -0.383 e. The van der Waals surface area contributed by atoms with Gasteiger partial charge in [0.25, 0.3) is 0 Å². The Hall–Kier alpha value is -0.660. The lowest BCUT2D eigenvalue weighted by Gasteiger charge is -2.06. The Balaban J connectivity index is 2.25. The molecule has 74 valence electrons. The van der Waals surface area contributed by atoms with Gasteiger partial charge < -0.3 is 5.32 Å². The van der Waals surface area contributed by atoms with E-state index in [0.717, 1.165) is 28.2 Å². The lowest BCUT2D eigenvalue weighted by atomic mass is 10.4. The van der Waals surface area contributed by atoms with Gasteiger partial charge in [0.1, 0.15) is 0 Å². The fraction of sp³-hybridized carbons (Fsp3) is 0.300. The second-order valence-electron chi connectivity index (χ2n) is 2.54. The molecule has 0 spiro atoms. The molecule has 0 aromatic carbocycles. The van der Waals surface area contributed by atoms with Crippen molar-refractivity contribution >= 4 is 33.4 Å². The number of nitrogens with one attached hydrogen (secondary N) is 1. The molecule has 14 heavy (non-hydrogen) atoms. The number of halogens is 1. The normalized spacial score (nSPS) is 9.43. The van der Waals surface area contributed by atoms with Gasteiger partial charge in [-0.2, -0.15) is 0 Å². The highest BCUT2D eigenvalue weighted by molar-refractivity contribution is 9.10. The molecular formula is C10H11BrN2S. The highest BCUT2D eigenvalue weighted by Crippen LogP contribution is 2.19. The molecule has 0 aliphatic carbocycles. The topological polar surface area (TPSA) is 24.9 Å². The van der Waals surface area contributed by atoms with Gasteiger partial charge in [0.05, 0.1) is 15.9 Å². The van der Waals surface area contributed by atoms with Crippen molar-refractivity contribution in [2.45, 2.75) is 0 Å². The quantitative estimate of drug-likeness (QED) is 0.658. The van der Waals surface area contributed by atoms with Gasteiger partial charge in [0.15, 0.2) is 0 Å². The van der Waals surface area contributed by atoms with Gasteiger partial charge in [0.2, 0.25) is 0 Å². The number of terminal acetylenes is 1. The average molecular weight is 271 g/mol. The van der Waals surface area contributed by atoms with E-state index in [4.69, 9.17) is 6.42 Å². The van der Waals surface area contributed by atoms with Crippen molar-refractivity contribution in [3.63, 3.8) is 0 Å². The van der Waals surface area contributed by atoms with Crippen LogP contribution in [0.3, 0.4) is 0 Å². The first kappa shape index (κ1) is 11.4. The number of rotatable bonds is 5. The Morgan fingerprint density at radius 3 is 3.21 bits per heavy atom. The van der Waals surface area contributed by atoms with E-state index >= 15 is 0 Å². The number of hydrogen-bond acceptors (Lipinski definition) is 3. The summed E-state index contributed by atoms with van der Waals surface area (Å²) in [4.78, 5) is 3.98. The molecule has 1 rings (SSSR count). The molecule has 0 bridgehead atoms. The highest BCUT2D eigenvalue weighted by atomic mass is 79.9. The summed E-state index contributed by atoms with van der Waals surface area (Å²) in [5.41, 5.74) is 1.07. The molecular weight excluding hydrogens is 260 g/mol. The van der Waals surface area contributed by atoms with Gasteiger partial charge in [-0.15, -0.1) is 18.2 Å². The lowest BCUT2D eigenvalue weighted by Crippen LogP contribution is -2.04. The van der Waals surface area contributed by atoms with Crippen LogP contribution in [-0.2, 0) is 0 Å². The fourth-order valence-electron chi connectivity index (χ4n) is 0.908. The zero-order valence-electron chi connectivity index (χ0n) is 7.66. The van der Waals surface area contributed by atoms with E-state index in [9.17, 15) is 0 Å². The summed E-state index contributed by atoms with van der Waals surface area (Å²) >= 11 is 5.16. The molecule has 1 aromatic heterocycles. The van der Waals surface area contributed by atoms with Crippen molar-refractivity contribution in [3.05, 3.63) is 22.9 Å². The minimum absolute atomic E-state index is 0.777. The van der Waals surface area contributed by atoms with Crippen LogP contribution in [-0.4, -0.2) is 23.0 Å². The van der Waals surface area contributed by atoms with Gasteiger partial charge in [-0.25, -0.2) is 0 Å². The molecule has 0 amide bonds.